The first kappa shape index (κ1) is 8.49. The van der Waals surface area contributed by atoms with Gasteiger partial charge in [-0.2, -0.15) is 5.10 Å². The molecule has 0 saturated carbocycles. The Bertz CT molecular complexity index is 512. The largest absolute Gasteiger partial charge is 0.397 e. The van der Waals surface area contributed by atoms with Crippen LogP contribution < -0.4 is 11.4 Å². The van der Waals surface area contributed by atoms with E-state index in [2.05, 4.69) is 15.2 Å². The molecular weight excluding hydrogens is 182 g/mol. The molecule has 2 rings (SSSR count). The number of hydrogen-bond donors (Lipinski definition) is 2. The molecule has 0 radical (unpaired) electrons. The minimum Gasteiger partial charge on any atom is -0.397 e. The molecule has 0 spiro atoms. The van der Waals surface area contributed by atoms with Crippen LogP contribution in [-0.2, 0) is 0 Å². The molecule has 14 heavy (non-hydrogen) atoms. The minimum atomic E-state index is -0.318. The van der Waals surface area contributed by atoms with Crippen molar-refractivity contribution in [2.45, 2.75) is 6.92 Å². The molecule has 0 aromatic carbocycles. The molecule has 3 N–H and O–H groups in total. The predicted molar refractivity (Wildman–Crippen MR) is 51.1 cm³/mol. The fraction of sp³-hybridized carbons (Fsp3) is 0.125. The van der Waals surface area contributed by atoms with Crippen LogP contribution in [0.1, 0.15) is 5.56 Å². The van der Waals surface area contributed by atoms with Crippen molar-refractivity contribution in [3.05, 3.63) is 34.6 Å². The van der Waals surface area contributed by atoms with Crippen LogP contribution in [0.15, 0.2) is 23.4 Å². The lowest BCUT2D eigenvalue weighted by atomic mass is 10.2. The number of nitrogens with one attached hydrogen (secondary N) is 1. The molecular formula is C8H9N5O. The number of anilines is 1. The first-order chi connectivity index (χ1) is 6.68. The number of H-pyrrole nitrogens is 1. The lowest BCUT2D eigenvalue weighted by Gasteiger charge is -2.02. The molecule has 2 aromatic heterocycles. The third-order valence-electron chi connectivity index (χ3n) is 1.94. The van der Waals surface area contributed by atoms with E-state index in [1.807, 2.05) is 6.92 Å². The van der Waals surface area contributed by atoms with Crippen molar-refractivity contribution in [3.63, 3.8) is 0 Å². The molecule has 0 bridgehead atoms. The summed E-state index contributed by atoms with van der Waals surface area (Å²) in [4.78, 5) is 15.2. The summed E-state index contributed by atoms with van der Waals surface area (Å²) in [6.07, 6.45) is 2.89. The Balaban J connectivity index is 2.59. The number of pyridine rings is 1. The zero-order valence-corrected chi connectivity index (χ0v) is 7.56. The SMILES string of the molecule is Cc1cc(-n2cn[nH]c2=O)ncc1N. The Morgan fingerprint density at radius 3 is 2.93 bits per heavy atom. The van der Waals surface area contributed by atoms with Crippen LogP contribution in [-0.4, -0.2) is 19.7 Å². The lowest BCUT2D eigenvalue weighted by Crippen LogP contribution is -2.15. The summed E-state index contributed by atoms with van der Waals surface area (Å²) in [6.45, 7) is 1.85. The van der Waals surface area contributed by atoms with E-state index in [9.17, 15) is 4.79 Å². The van der Waals surface area contributed by atoms with E-state index in [1.54, 1.807) is 6.07 Å². The summed E-state index contributed by atoms with van der Waals surface area (Å²) >= 11 is 0. The van der Waals surface area contributed by atoms with E-state index < -0.39 is 0 Å². The number of nitrogens with zero attached hydrogens (tertiary/aromatic N) is 3. The summed E-state index contributed by atoms with van der Waals surface area (Å²) in [5.41, 5.74) is 6.77. The van der Waals surface area contributed by atoms with E-state index in [0.717, 1.165) is 5.56 Å². The van der Waals surface area contributed by atoms with Crippen molar-refractivity contribution in [1.82, 2.24) is 19.7 Å². The average Bonchev–Trinajstić information content (AvgIpc) is 2.57. The second kappa shape index (κ2) is 2.99. The molecule has 72 valence electrons. The van der Waals surface area contributed by atoms with E-state index in [1.165, 1.54) is 17.1 Å². The van der Waals surface area contributed by atoms with Gasteiger partial charge < -0.3 is 5.73 Å². The highest BCUT2D eigenvalue weighted by Crippen LogP contribution is 2.10. The van der Waals surface area contributed by atoms with Gasteiger partial charge in [-0.3, -0.25) is 0 Å². The maximum absolute atomic E-state index is 11.2. The number of aromatic amines is 1. The van der Waals surface area contributed by atoms with Gasteiger partial charge in [0.25, 0.3) is 0 Å². The van der Waals surface area contributed by atoms with Gasteiger partial charge in [0, 0.05) is 0 Å². The van der Waals surface area contributed by atoms with Gasteiger partial charge in [0.2, 0.25) is 0 Å². The number of aromatic nitrogens is 4. The molecule has 0 aliphatic carbocycles. The van der Waals surface area contributed by atoms with Crippen LogP contribution in [0.2, 0.25) is 0 Å². The van der Waals surface area contributed by atoms with Crippen LogP contribution in [0.5, 0.6) is 0 Å². The Hall–Kier alpha value is -2.11. The number of aryl methyl sites for hydroxylation is 1. The van der Waals surface area contributed by atoms with Crippen molar-refractivity contribution in [2.24, 2.45) is 0 Å². The standard InChI is InChI=1S/C8H9N5O/c1-5-2-7(10-3-6(5)9)13-4-11-12-8(13)14/h2-4H,9H2,1H3,(H,12,14). The number of hydrogen-bond acceptors (Lipinski definition) is 4. The fourth-order valence-electron chi connectivity index (χ4n) is 1.09. The van der Waals surface area contributed by atoms with Crippen LogP contribution in [0.4, 0.5) is 5.69 Å². The van der Waals surface area contributed by atoms with Gasteiger partial charge in [-0.25, -0.2) is 19.4 Å². The molecule has 0 aliphatic heterocycles. The molecule has 0 amide bonds. The van der Waals surface area contributed by atoms with E-state index in [4.69, 9.17) is 5.73 Å². The van der Waals surface area contributed by atoms with E-state index in [0.29, 0.717) is 11.5 Å². The summed E-state index contributed by atoms with van der Waals surface area (Å²) < 4.78 is 1.31. The van der Waals surface area contributed by atoms with Crippen molar-refractivity contribution in [2.75, 3.05) is 5.73 Å². The van der Waals surface area contributed by atoms with Gasteiger partial charge in [0.05, 0.1) is 11.9 Å². The Kier molecular flexibility index (Phi) is 1.81. The summed E-state index contributed by atoms with van der Waals surface area (Å²) in [6, 6.07) is 1.73. The molecule has 0 unspecified atom stereocenters. The Morgan fingerprint density at radius 1 is 1.57 bits per heavy atom. The maximum Gasteiger partial charge on any atom is 0.348 e. The normalized spacial score (nSPS) is 10.4. The van der Waals surface area contributed by atoms with Crippen LogP contribution in [0.3, 0.4) is 0 Å². The van der Waals surface area contributed by atoms with Gasteiger partial charge in [0.15, 0.2) is 0 Å². The van der Waals surface area contributed by atoms with Gasteiger partial charge in [-0.1, -0.05) is 0 Å². The smallest absolute Gasteiger partial charge is 0.348 e. The predicted octanol–water partition coefficient (Wildman–Crippen LogP) is -0.154. The molecule has 0 saturated heterocycles. The quantitative estimate of drug-likeness (QED) is 0.655. The Morgan fingerprint density at radius 2 is 2.36 bits per heavy atom. The molecule has 0 atom stereocenters. The first-order valence-corrected chi connectivity index (χ1v) is 4.03. The fourth-order valence-corrected chi connectivity index (χ4v) is 1.09. The van der Waals surface area contributed by atoms with Crippen molar-refractivity contribution in [1.29, 1.82) is 0 Å². The second-order valence-corrected chi connectivity index (χ2v) is 2.93. The van der Waals surface area contributed by atoms with Crippen molar-refractivity contribution in [3.8, 4) is 5.82 Å². The zero-order chi connectivity index (χ0) is 10.1. The topological polar surface area (TPSA) is 89.6 Å². The molecule has 6 heteroatoms. The minimum absolute atomic E-state index is 0.318. The van der Waals surface area contributed by atoms with Crippen LogP contribution >= 0.6 is 0 Å². The third-order valence-corrected chi connectivity index (χ3v) is 1.94. The maximum atomic E-state index is 11.2. The number of nitrogens with two attached hydrogens (primary N) is 1. The first-order valence-electron chi connectivity index (χ1n) is 4.03. The van der Waals surface area contributed by atoms with Crippen LogP contribution in [0.25, 0.3) is 5.82 Å². The zero-order valence-electron chi connectivity index (χ0n) is 7.56. The summed E-state index contributed by atoms with van der Waals surface area (Å²) in [5, 5.41) is 5.89. The highest BCUT2D eigenvalue weighted by molar-refractivity contribution is 5.46. The summed E-state index contributed by atoms with van der Waals surface area (Å²) in [5.74, 6) is 0.510. The van der Waals surface area contributed by atoms with Gasteiger partial charge >= 0.3 is 5.69 Å². The molecule has 0 aliphatic rings. The van der Waals surface area contributed by atoms with Crippen molar-refractivity contribution >= 4 is 5.69 Å². The van der Waals surface area contributed by atoms with E-state index in [-0.39, 0.29) is 5.69 Å². The monoisotopic (exact) mass is 191 g/mol. The molecule has 6 nitrogen and oxygen atoms in total. The molecule has 2 heterocycles. The van der Waals surface area contributed by atoms with Crippen molar-refractivity contribution < 1.29 is 0 Å². The van der Waals surface area contributed by atoms with Gasteiger partial charge in [-0.15, -0.1) is 0 Å². The van der Waals surface area contributed by atoms with Gasteiger partial charge in [0.1, 0.15) is 12.1 Å². The highest BCUT2D eigenvalue weighted by Gasteiger charge is 2.03. The Labute approximate surface area is 79.4 Å². The second-order valence-electron chi connectivity index (χ2n) is 2.93. The highest BCUT2D eigenvalue weighted by atomic mass is 16.1. The lowest BCUT2D eigenvalue weighted by molar-refractivity contribution is 0.937. The molecule has 2 aromatic rings. The van der Waals surface area contributed by atoms with Gasteiger partial charge in [-0.05, 0) is 18.6 Å². The third kappa shape index (κ3) is 1.26. The molecule has 0 fully saturated rings. The average molecular weight is 191 g/mol. The van der Waals surface area contributed by atoms with Crippen LogP contribution in [0, 0.1) is 6.92 Å². The number of nitrogen functional groups attached to an aromatic ring is 1. The number of rotatable bonds is 1. The summed E-state index contributed by atoms with van der Waals surface area (Å²) in [7, 11) is 0. The van der Waals surface area contributed by atoms with E-state index >= 15 is 0 Å².